The maximum Gasteiger partial charge on any atom is 0.325 e. The molecule has 0 aromatic heterocycles. The number of imide groups is 1. The number of hydrogen-bond acceptors (Lipinski definition) is 3. The Kier molecular flexibility index (Phi) is 5.59. The molecule has 1 aliphatic heterocycles. The molecule has 0 saturated carbocycles. The lowest BCUT2D eigenvalue weighted by Gasteiger charge is -2.22. The lowest BCUT2D eigenvalue weighted by Crippen LogP contribution is -2.45. The van der Waals surface area contributed by atoms with Gasteiger partial charge in [0, 0.05) is 6.54 Å². The Bertz CT molecular complexity index is 615. The van der Waals surface area contributed by atoms with E-state index in [0.717, 1.165) is 16.9 Å². The maximum atomic E-state index is 12.5. The Morgan fingerprint density at radius 2 is 1.92 bits per heavy atom. The summed E-state index contributed by atoms with van der Waals surface area (Å²) in [6.45, 7) is 5.97. The zero-order valence-corrected chi connectivity index (χ0v) is 14.5. The number of nitrogens with one attached hydrogen (secondary N) is 2. The number of hydrogen-bond donors (Lipinski definition) is 2. The molecule has 1 atom stereocenters. The first-order valence-electron chi connectivity index (χ1n) is 8.26. The van der Waals surface area contributed by atoms with Crippen LogP contribution < -0.4 is 10.6 Å². The van der Waals surface area contributed by atoms with Crippen LogP contribution in [0.1, 0.15) is 39.2 Å². The fourth-order valence-electron chi connectivity index (χ4n) is 2.63. The molecule has 0 unspecified atom stereocenters. The minimum atomic E-state index is -0.916. The van der Waals surface area contributed by atoms with Gasteiger partial charge in [0.1, 0.15) is 12.1 Å². The first-order valence-corrected chi connectivity index (χ1v) is 8.26. The highest BCUT2D eigenvalue weighted by molar-refractivity contribution is 6.08. The molecule has 1 aliphatic rings. The van der Waals surface area contributed by atoms with E-state index >= 15 is 0 Å². The van der Waals surface area contributed by atoms with Crippen LogP contribution in [-0.4, -0.2) is 34.8 Å². The molecular formula is C18H25N3O3. The third-order valence-corrected chi connectivity index (χ3v) is 4.20. The molecule has 4 amide bonds. The quantitative estimate of drug-likeness (QED) is 0.751. The predicted molar refractivity (Wildman–Crippen MR) is 91.0 cm³/mol. The van der Waals surface area contributed by atoms with Crippen LogP contribution in [0.2, 0.25) is 0 Å². The van der Waals surface area contributed by atoms with Gasteiger partial charge in [-0.3, -0.25) is 14.5 Å². The molecule has 0 radical (unpaired) electrons. The molecule has 2 N–H and O–H groups in total. The molecule has 6 heteroatoms. The van der Waals surface area contributed by atoms with Crippen LogP contribution >= 0.6 is 0 Å². The van der Waals surface area contributed by atoms with E-state index in [2.05, 4.69) is 24.5 Å². The van der Waals surface area contributed by atoms with Gasteiger partial charge in [-0.2, -0.15) is 0 Å². The van der Waals surface area contributed by atoms with Crippen molar-refractivity contribution in [3.05, 3.63) is 35.9 Å². The lowest BCUT2D eigenvalue weighted by molar-refractivity contribution is -0.134. The Morgan fingerprint density at radius 1 is 1.25 bits per heavy atom. The summed E-state index contributed by atoms with van der Waals surface area (Å²) in [5.74, 6) is -0.242. The van der Waals surface area contributed by atoms with E-state index in [4.69, 9.17) is 0 Å². The summed E-state index contributed by atoms with van der Waals surface area (Å²) in [5, 5.41) is 5.45. The monoisotopic (exact) mass is 331 g/mol. The fraction of sp³-hybridized carbons (Fsp3) is 0.500. The molecule has 1 heterocycles. The number of benzene rings is 1. The van der Waals surface area contributed by atoms with E-state index in [9.17, 15) is 14.4 Å². The molecule has 1 fully saturated rings. The van der Waals surface area contributed by atoms with Crippen LogP contribution in [0.15, 0.2) is 30.3 Å². The highest BCUT2D eigenvalue weighted by Crippen LogP contribution is 2.24. The topological polar surface area (TPSA) is 78.5 Å². The highest BCUT2D eigenvalue weighted by Gasteiger charge is 2.47. The third-order valence-electron chi connectivity index (χ3n) is 4.20. The fourth-order valence-corrected chi connectivity index (χ4v) is 2.63. The molecule has 130 valence electrons. The summed E-state index contributed by atoms with van der Waals surface area (Å²) in [6.07, 6.45) is 1.40. The Hall–Kier alpha value is -2.37. The summed E-state index contributed by atoms with van der Waals surface area (Å²) in [7, 11) is 0. The van der Waals surface area contributed by atoms with E-state index < -0.39 is 11.6 Å². The van der Waals surface area contributed by atoms with Gasteiger partial charge >= 0.3 is 6.03 Å². The van der Waals surface area contributed by atoms with Crippen molar-refractivity contribution in [3.8, 4) is 0 Å². The standard InChI is InChI=1S/C18H25N3O3/c1-13(2)9-10-18(3)16(23)21(17(24)20-18)12-15(22)19-11-14-7-5-4-6-8-14/h4-8,13H,9-12H2,1-3H3,(H,19,22)(H,20,24)/t18-/m1/s1. The van der Waals surface area contributed by atoms with Gasteiger partial charge in [0.15, 0.2) is 0 Å². The second-order valence-electron chi connectivity index (χ2n) is 6.85. The average molecular weight is 331 g/mol. The first-order chi connectivity index (χ1) is 11.3. The predicted octanol–water partition coefficient (Wildman–Crippen LogP) is 2.05. The Balaban J connectivity index is 1.90. The van der Waals surface area contributed by atoms with Gasteiger partial charge in [-0.1, -0.05) is 44.2 Å². The van der Waals surface area contributed by atoms with Crippen LogP contribution in [0.25, 0.3) is 0 Å². The summed E-state index contributed by atoms with van der Waals surface area (Å²) >= 11 is 0. The van der Waals surface area contributed by atoms with Gasteiger partial charge in [0.2, 0.25) is 5.91 Å². The largest absolute Gasteiger partial charge is 0.350 e. The maximum absolute atomic E-state index is 12.5. The minimum Gasteiger partial charge on any atom is -0.350 e. The molecule has 2 rings (SSSR count). The Morgan fingerprint density at radius 3 is 2.54 bits per heavy atom. The molecule has 0 aliphatic carbocycles. The second-order valence-corrected chi connectivity index (χ2v) is 6.85. The third kappa shape index (κ3) is 4.34. The van der Waals surface area contributed by atoms with Crippen LogP contribution in [0.5, 0.6) is 0 Å². The van der Waals surface area contributed by atoms with Gasteiger partial charge < -0.3 is 10.6 Å². The van der Waals surface area contributed by atoms with E-state index in [1.54, 1.807) is 6.92 Å². The second kappa shape index (κ2) is 7.47. The molecule has 1 aromatic carbocycles. The van der Waals surface area contributed by atoms with E-state index in [1.807, 2.05) is 30.3 Å². The van der Waals surface area contributed by atoms with Crippen LogP contribution in [0.4, 0.5) is 4.79 Å². The SMILES string of the molecule is CC(C)CC[C@@]1(C)NC(=O)N(CC(=O)NCc2ccccc2)C1=O. The van der Waals surface area contributed by atoms with Crippen molar-refractivity contribution < 1.29 is 14.4 Å². The lowest BCUT2D eigenvalue weighted by atomic mass is 9.92. The van der Waals surface area contributed by atoms with Crippen molar-refractivity contribution in [2.24, 2.45) is 5.92 Å². The van der Waals surface area contributed by atoms with Gasteiger partial charge in [-0.25, -0.2) is 4.79 Å². The first kappa shape index (κ1) is 18.0. The molecule has 1 saturated heterocycles. The normalized spacial score (nSPS) is 20.4. The number of nitrogens with zero attached hydrogens (tertiary/aromatic N) is 1. The molecular weight excluding hydrogens is 306 g/mol. The molecule has 0 bridgehead atoms. The Labute approximate surface area is 142 Å². The van der Waals surface area contributed by atoms with Crippen molar-refractivity contribution in [1.82, 2.24) is 15.5 Å². The zero-order valence-electron chi connectivity index (χ0n) is 14.5. The van der Waals surface area contributed by atoms with Crippen LogP contribution in [0.3, 0.4) is 0 Å². The number of carbonyl (C=O) groups excluding carboxylic acids is 3. The van der Waals surface area contributed by atoms with E-state index in [0.29, 0.717) is 18.9 Å². The van der Waals surface area contributed by atoms with Crippen molar-refractivity contribution in [3.63, 3.8) is 0 Å². The van der Waals surface area contributed by atoms with E-state index in [1.165, 1.54) is 0 Å². The number of amides is 4. The summed E-state index contributed by atoms with van der Waals surface area (Å²) < 4.78 is 0. The molecule has 6 nitrogen and oxygen atoms in total. The van der Waals surface area contributed by atoms with Crippen LogP contribution in [0, 0.1) is 5.92 Å². The van der Waals surface area contributed by atoms with E-state index in [-0.39, 0.29) is 18.4 Å². The minimum absolute atomic E-state index is 0.255. The summed E-state index contributed by atoms with van der Waals surface area (Å²) in [5.41, 5.74) is 0.0472. The van der Waals surface area contributed by atoms with Gasteiger partial charge in [0.05, 0.1) is 0 Å². The molecule has 1 aromatic rings. The molecule has 0 spiro atoms. The number of rotatable bonds is 7. The van der Waals surface area contributed by atoms with Gasteiger partial charge in [0.25, 0.3) is 5.91 Å². The van der Waals surface area contributed by atoms with Crippen molar-refractivity contribution in [2.45, 2.75) is 45.7 Å². The molecule has 24 heavy (non-hydrogen) atoms. The van der Waals surface area contributed by atoms with Crippen molar-refractivity contribution >= 4 is 17.8 Å². The van der Waals surface area contributed by atoms with Crippen molar-refractivity contribution in [2.75, 3.05) is 6.54 Å². The zero-order chi connectivity index (χ0) is 17.7. The van der Waals surface area contributed by atoms with Crippen LogP contribution in [-0.2, 0) is 16.1 Å². The number of carbonyl (C=O) groups is 3. The summed E-state index contributed by atoms with van der Waals surface area (Å²) in [6, 6.07) is 8.98. The smallest absolute Gasteiger partial charge is 0.325 e. The van der Waals surface area contributed by atoms with Gasteiger partial charge in [-0.05, 0) is 31.2 Å². The van der Waals surface area contributed by atoms with Crippen molar-refractivity contribution in [1.29, 1.82) is 0 Å². The highest BCUT2D eigenvalue weighted by atomic mass is 16.2. The van der Waals surface area contributed by atoms with Gasteiger partial charge in [-0.15, -0.1) is 0 Å². The number of urea groups is 1. The summed E-state index contributed by atoms with van der Waals surface area (Å²) in [4.78, 5) is 37.6. The average Bonchev–Trinajstić information content (AvgIpc) is 2.76.